The quantitative estimate of drug-likeness (QED) is 0.548. The SMILES string of the molecule is COc1ccc(NC(C)=O)cc1NC(=O)CN(C)C(c1ccccc1)c1ccc(F)cc1. The molecule has 0 aliphatic heterocycles. The Kier molecular flexibility index (Phi) is 7.57. The van der Waals surface area contributed by atoms with Gasteiger partial charge in [0.1, 0.15) is 11.6 Å². The van der Waals surface area contributed by atoms with Crippen molar-refractivity contribution in [2.24, 2.45) is 0 Å². The molecule has 3 aromatic carbocycles. The van der Waals surface area contributed by atoms with Crippen LogP contribution in [-0.2, 0) is 9.59 Å². The van der Waals surface area contributed by atoms with Gasteiger partial charge in [-0.25, -0.2) is 4.39 Å². The van der Waals surface area contributed by atoms with Gasteiger partial charge in [-0.05, 0) is 48.5 Å². The number of anilines is 2. The van der Waals surface area contributed by atoms with Gasteiger partial charge in [0.25, 0.3) is 0 Å². The highest BCUT2D eigenvalue weighted by molar-refractivity contribution is 5.95. The molecule has 2 N–H and O–H groups in total. The Morgan fingerprint density at radius 1 is 0.969 bits per heavy atom. The van der Waals surface area contributed by atoms with Gasteiger partial charge in [-0.1, -0.05) is 42.5 Å². The van der Waals surface area contributed by atoms with Crippen molar-refractivity contribution in [3.8, 4) is 5.75 Å². The third-order valence-corrected chi connectivity index (χ3v) is 4.93. The van der Waals surface area contributed by atoms with Crippen LogP contribution in [0.3, 0.4) is 0 Å². The summed E-state index contributed by atoms with van der Waals surface area (Å²) in [5, 5.41) is 5.55. The maximum atomic E-state index is 13.5. The highest BCUT2D eigenvalue weighted by atomic mass is 19.1. The minimum absolute atomic E-state index is 0.0739. The molecule has 0 heterocycles. The molecule has 0 spiro atoms. The molecule has 1 atom stereocenters. The van der Waals surface area contributed by atoms with E-state index >= 15 is 0 Å². The van der Waals surface area contributed by atoms with E-state index in [-0.39, 0.29) is 30.2 Å². The summed E-state index contributed by atoms with van der Waals surface area (Å²) in [6, 6.07) is 20.8. The number of methoxy groups -OCH3 is 1. The van der Waals surface area contributed by atoms with Gasteiger partial charge in [-0.2, -0.15) is 0 Å². The Hall–Kier alpha value is -3.71. The van der Waals surface area contributed by atoms with Gasteiger partial charge >= 0.3 is 0 Å². The second-order valence-corrected chi connectivity index (χ2v) is 7.42. The summed E-state index contributed by atoms with van der Waals surface area (Å²) < 4.78 is 18.8. The van der Waals surface area contributed by atoms with Crippen LogP contribution in [0.1, 0.15) is 24.1 Å². The Morgan fingerprint density at radius 3 is 2.25 bits per heavy atom. The molecule has 0 fully saturated rings. The molecule has 0 saturated heterocycles. The van der Waals surface area contributed by atoms with Crippen LogP contribution in [0.5, 0.6) is 5.75 Å². The maximum absolute atomic E-state index is 13.5. The van der Waals surface area contributed by atoms with Gasteiger partial charge in [0.2, 0.25) is 11.8 Å². The first-order valence-electron chi connectivity index (χ1n) is 10.1. The number of amides is 2. The van der Waals surface area contributed by atoms with E-state index in [0.717, 1.165) is 11.1 Å². The number of carbonyl (C=O) groups excluding carboxylic acids is 2. The second kappa shape index (κ2) is 10.5. The summed E-state index contributed by atoms with van der Waals surface area (Å²) in [4.78, 5) is 26.1. The van der Waals surface area contributed by atoms with Crippen LogP contribution in [0.25, 0.3) is 0 Å². The van der Waals surface area contributed by atoms with Crippen molar-refractivity contribution in [2.45, 2.75) is 13.0 Å². The van der Waals surface area contributed by atoms with Gasteiger partial charge in [0.15, 0.2) is 0 Å². The van der Waals surface area contributed by atoms with Crippen molar-refractivity contribution in [2.75, 3.05) is 31.3 Å². The van der Waals surface area contributed by atoms with Crippen LogP contribution in [0, 0.1) is 5.82 Å². The topological polar surface area (TPSA) is 70.7 Å². The van der Waals surface area contributed by atoms with E-state index in [2.05, 4.69) is 10.6 Å². The number of nitrogens with zero attached hydrogens (tertiary/aromatic N) is 1. The van der Waals surface area contributed by atoms with Crippen molar-refractivity contribution in [3.63, 3.8) is 0 Å². The molecule has 2 amide bonds. The molecule has 0 radical (unpaired) electrons. The molecule has 1 unspecified atom stereocenters. The summed E-state index contributed by atoms with van der Waals surface area (Å²) in [5.41, 5.74) is 2.86. The fourth-order valence-corrected chi connectivity index (χ4v) is 3.58. The minimum atomic E-state index is -0.313. The van der Waals surface area contributed by atoms with Crippen molar-refractivity contribution in [1.29, 1.82) is 0 Å². The lowest BCUT2D eigenvalue weighted by atomic mass is 9.97. The molecular weight excluding hydrogens is 409 g/mol. The van der Waals surface area contributed by atoms with E-state index in [1.165, 1.54) is 26.2 Å². The molecule has 0 aliphatic carbocycles. The molecule has 32 heavy (non-hydrogen) atoms. The fourth-order valence-electron chi connectivity index (χ4n) is 3.58. The third kappa shape index (κ3) is 5.92. The minimum Gasteiger partial charge on any atom is -0.495 e. The van der Waals surface area contributed by atoms with Crippen molar-refractivity contribution < 1.29 is 18.7 Å². The first-order valence-corrected chi connectivity index (χ1v) is 10.1. The van der Waals surface area contributed by atoms with Gasteiger partial charge in [-0.3, -0.25) is 14.5 Å². The van der Waals surface area contributed by atoms with Crippen LogP contribution in [0.4, 0.5) is 15.8 Å². The predicted octanol–water partition coefficient (Wildman–Crippen LogP) is 4.45. The predicted molar refractivity (Wildman–Crippen MR) is 123 cm³/mol. The number of rotatable bonds is 8. The molecule has 3 aromatic rings. The zero-order valence-electron chi connectivity index (χ0n) is 18.3. The average molecular weight is 435 g/mol. The Labute approximate surface area is 187 Å². The van der Waals surface area contributed by atoms with Crippen LogP contribution >= 0.6 is 0 Å². The number of benzene rings is 3. The van der Waals surface area contributed by atoms with E-state index in [4.69, 9.17) is 4.74 Å². The average Bonchev–Trinajstić information content (AvgIpc) is 2.76. The molecular formula is C25H26FN3O3. The molecule has 3 rings (SSSR count). The zero-order valence-corrected chi connectivity index (χ0v) is 18.3. The number of ether oxygens (including phenoxy) is 1. The number of likely N-dealkylation sites (N-methyl/N-ethyl adjacent to an activating group) is 1. The summed E-state index contributed by atoms with van der Waals surface area (Å²) in [6.07, 6.45) is 0. The number of carbonyl (C=O) groups is 2. The summed E-state index contributed by atoms with van der Waals surface area (Å²) in [7, 11) is 3.35. The van der Waals surface area contributed by atoms with Crippen molar-refractivity contribution >= 4 is 23.2 Å². The molecule has 0 bridgehead atoms. The Bertz CT molecular complexity index is 1070. The van der Waals surface area contributed by atoms with E-state index in [1.54, 1.807) is 30.3 Å². The largest absolute Gasteiger partial charge is 0.495 e. The van der Waals surface area contributed by atoms with Gasteiger partial charge in [0, 0.05) is 12.6 Å². The summed E-state index contributed by atoms with van der Waals surface area (Å²) >= 11 is 0. The molecule has 6 nitrogen and oxygen atoms in total. The van der Waals surface area contributed by atoms with E-state index in [0.29, 0.717) is 17.1 Å². The van der Waals surface area contributed by atoms with Gasteiger partial charge in [-0.15, -0.1) is 0 Å². The lowest BCUT2D eigenvalue weighted by Crippen LogP contribution is -2.34. The first-order chi connectivity index (χ1) is 15.4. The lowest BCUT2D eigenvalue weighted by Gasteiger charge is -2.28. The van der Waals surface area contributed by atoms with Crippen molar-refractivity contribution in [3.05, 3.63) is 89.7 Å². The van der Waals surface area contributed by atoms with E-state index in [1.807, 2.05) is 42.3 Å². The standard InChI is InChI=1S/C25H26FN3O3/c1-17(30)27-21-13-14-23(32-3)22(15-21)28-24(31)16-29(2)25(18-7-5-4-6-8-18)19-9-11-20(26)12-10-19/h4-15,25H,16H2,1-3H3,(H,27,30)(H,28,31). The van der Waals surface area contributed by atoms with E-state index in [9.17, 15) is 14.0 Å². The fraction of sp³-hybridized carbons (Fsp3) is 0.200. The molecule has 0 saturated carbocycles. The van der Waals surface area contributed by atoms with E-state index < -0.39 is 0 Å². The molecule has 7 heteroatoms. The monoisotopic (exact) mass is 435 g/mol. The van der Waals surface area contributed by atoms with Crippen LogP contribution < -0.4 is 15.4 Å². The highest BCUT2D eigenvalue weighted by Crippen LogP contribution is 2.30. The molecule has 0 aliphatic rings. The zero-order chi connectivity index (χ0) is 23.1. The number of nitrogens with one attached hydrogen (secondary N) is 2. The maximum Gasteiger partial charge on any atom is 0.238 e. The highest BCUT2D eigenvalue weighted by Gasteiger charge is 2.22. The van der Waals surface area contributed by atoms with Crippen LogP contribution in [-0.4, -0.2) is 37.4 Å². The number of halogens is 1. The number of hydrogen-bond donors (Lipinski definition) is 2. The molecule has 0 aromatic heterocycles. The van der Waals surface area contributed by atoms with Crippen LogP contribution in [0.15, 0.2) is 72.8 Å². The second-order valence-electron chi connectivity index (χ2n) is 7.42. The van der Waals surface area contributed by atoms with Crippen LogP contribution in [0.2, 0.25) is 0 Å². The summed E-state index contributed by atoms with van der Waals surface area (Å²) in [6.45, 7) is 1.49. The normalized spacial score (nSPS) is 11.7. The van der Waals surface area contributed by atoms with Gasteiger partial charge in [0.05, 0.1) is 25.4 Å². The Balaban J connectivity index is 1.81. The first kappa shape index (κ1) is 23.0. The molecule has 166 valence electrons. The number of hydrogen-bond acceptors (Lipinski definition) is 4. The van der Waals surface area contributed by atoms with Gasteiger partial charge < -0.3 is 15.4 Å². The third-order valence-electron chi connectivity index (χ3n) is 4.93. The van der Waals surface area contributed by atoms with Crippen molar-refractivity contribution in [1.82, 2.24) is 4.90 Å². The lowest BCUT2D eigenvalue weighted by molar-refractivity contribution is -0.117. The summed E-state index contributed by atoms with van der Waals surface area (Å²) in [5.74, 6) is -0.300. The smallest absolute Gasteiger partial charge is 0.238 e. The Morgan fingerprint density at radius 2 is 1.62 bits per heavy atom.